The van der Waals surface area contributed by atoms with E-state index in [2.05, 4.69) is 10.6 Å². The fourth-order valence-corrected chi connectivity index (χ4v) is 5.89. The van der Waals surface area contributed by atoms with Crippen molar-refractivity contribution in [1.29, 1.82) is 0 Å². The molecule has 2 aliphatic rings. The zero-order valence-electron chi connectivity index (χ0n) is 20.7. The molecule has 0 unspecified atom stereocenters. The summed E-state index contributed by atoms with van der Waals surface area (Å²) in [5.74, 6) is -1.89. The van der Waals surface area contributed by atoms with Crippen molar-refractivity contribution in [2.75, 3.05) is 5.32 Å². The molecular formula is C30H23Cl2F3N2O2. The first-order chi connectivity index (χ1) is 18.5. The highest BCUT2D eigenvalue weighted by Gasteiger charge is 2.42. The molecule has 39 heavy (non-hydrogen) atoms. The molecule has 3 aromatic rings. The van der Waals surface area contributed by atoms with Crippen LogP contribution in [0.5, 0.6) is 0 Å². The van der Waals surface area contributed by atoms with E-state index in [4.69, 9.17) is 23.2 Å². The maximum atomic E-state index is 13.7. The minimum atomic E-state index is -4.67. The van der Waals surface area contributed by atoms with Gasteiger partial charge in [0.05, 0.1) is 11.3 Å². The van der Waals surface area contributed by atoms with Gasteiger partial charge in [-0.25, -0.2) is 0 Å². The molecule has 0 spiro atoms. The van der Waals surface area contributed by atoms with Gasteiger partial charge >= 0.3 is 6.18 Å². The van der Waals surface area contributed by atoms with Gasteiger partial charge in [0.2, 0.25) is 0 Å². The first-order valence-electron chi connectivity index (χ1n) is 12.3. The van der Waals surface area contributed by atoms with E-state index in [0.717, 1.165) is 11.6 Å². The number of halogens is 5. The Kier molecular flexibility index (Phi) is 7.31. The number of ketones is 1. The third-order valence-corrected chi connectivity index (χ3v) is 7.66. The molecule has 1 aliphatic carbocycles. The molecule has 0 aromatic heterocycles. The maximum Gasteiger partial charge on any atom is 0.418 e. The van der Waals surface area contributed by atoms with Crippen LogP contribution in [0.4, 0.5) is 18.9 Å². The van der Waals surface area contributed by atoms with Gasteiger partial charge in [0.15, 0.2) is 5.78 Å². The van der Waals surface area contributed by atoms with E-state index in [0.29, 0.717) is 34.0 Å². The second-order valence-corrected chi connectivity index (χ2v) is 10.4. The van der Waals surface area contributed by atoms with Gasteiger partial charge in [-0.15, -0.1) is 0 Å². The van der Waals surface area contributed by atoms with Crippen LogP contribution in [0.3, 0.4) is 0 Å². The van der Waals surface area contributed by atoms with Crippen molar-refractivity contribution in [3.63, 3.8) is 0 Å². The van der Waals surface area contributed by atoms with Gasteiger partial charge < -0.3 is 10.6 Å². The zero-order chi connectivity index (χ0) is 27.9. The number of benzene rings is 3. The number of allylic oxidation sites excluding steroid dienone is 3. The number of amides is 1. The fourth-order valence-electron chi connectivity index (χ4n) is 5.38. The second-order valence-electron chi connectivity index (χ2n) is 9.59. The van der Waals surface area contributed by atoms with Crippen LogP contribution in [0, 0.1) is 0 Å². The van der Waals surface area contributed by atoms with Crippen molar-refractivity contribution in [1.82, 2.24) is 5.32 Å². The number of hydrogen-bond acceptors (Lipinski definition) is 3. The number of alkyl halides is 3. The molecule has 3 aromatic carbocycles. The molecule has 0 fully saturated rings. The lowest BCUT2D eigenvalue weighted by atomic mass is 9.71. The lowest BCUT2D eigenvalue weighted by Gasteiger charge is -2.37. The van der Waals surface area contributed by atoms with E-state index in [-0.39, 0.29) is 34.4 Å². The van der Waals surface area contributed by atoms with Crippen LogP contribution in [-0.4, -0.2) is 11.7 Å². The topological polar surface area (TPSA) is 58.2 Å². The summed E-state index contributed by atoms with van der Waals surface area (Å²) in [4.78, 5) is 27.4. The smallest absolute Gasteiger partial charge is 0.362 e. The molecular weight excluding hydrogens is 548 g/mol. The van der Waals surface area contributed by atoms with Crippen molar-refractivity contribution < 1.29 is 22.8 Å². The quantitative estimate of drug-likeness (QED) is 0.334. The summed E-state index contributed by atoms with van der Waals surface area (Å²) in [6, 6.07) is 19.2. The van der Waals surface area contributed by atoms with Crippen LogP contribution in [-0.2, 0) is 15.8 Å². The first kappa shape index (κ1) is 27.0. The van der Waals surface area contributed by atoms with E-state index in [1.165, 1.54) is 24.3 Å². The summed E-state index contributed by atoms with van der Waals surface area (Å²) in [5.41, 5.74) is 1.72. The molecule has 0 bridgehead atoms. The monoisotopic (exact) mass is 570 g/mol. The van der Waals surface area contributed by atoms with Crippen molar-refractivity contribution in [3.8, 4) is 0 Å². The number of carbonyl (C=O) groups is 2. The normalized spacial score (nSPS) is 19.5. The Morgan fingerprint density at radius 3 is 2.36 bits per heavy atom. The van der Waals surface area contributed by atoms with E-state index in [1.54, 1.807) is 19.1 Å². The standard InChI is InChI=1S/C30H23Cl2F3N2O2/c1-16-26(29(39)37-23-10-6-5-9-21(23)30(33,34)35)27(20-12-11-19(31)15-22(20)32)28-24(36-16)13-18(14-25(28)38)17-7-3-2-4-8-17/h2-12,15,18,27,36H,13-14H2,1H3,(H,37,39)/t18-,27+/m0/s1. The van der Waals surface area contributed by atoms with Crippen molar-refractivity contribution in [2.45, 2.75) is 37.8 Å². The number of para-hydroxylation sites is 1. The van der Waals surface area contributed by atoms with Gasteiger partial charge in [-0.05, 0) is 54.7 Å². The molecule has 4 nitrogen and oxygen atoms in total. The largest absolute Gasteiger partial charge is 0.418 e. The van der Waals surface area contributed by atoms with E-state index in [9.17, 15) is 22.8 Å². The van der Waals surface area contributed by atoms with Crippen LogP contribution in [0.2, 0.25) is 10.0 Å². The molecule has 0 radical (unpaired) electrons. The van der Waals surface area contributed by atoms with Crippen LogP contribution in [0.1, 0.15) is 48.3 Å². The number of rotatable bonds is 4. The Bertz CT molecular complexity index is 1530. The predicted octanol–water partition coefficient (Wildman–Crippen LogP) is 8.01. The molecule has 9 heteroatoms. The predicted molar refractivity (Wildman–Crippen MR) is 146 cm³/mol. The molecule has 200 valence electrons. The highest BCUT2D eigenvalue weighted by molar-refractivity contribution is 6.35. The molecule has 1 heterocycles. The molecule has 2 atom stereocenters. The van der Waals surface area contributed by atoms with Crippen LogP contribution < -0.4 is 10.6 Å². The van der Waals surface area contributed by atoms with Gasteiger partial charge in [0.1, 0.15) is 0 Å². The summed E-state index contributed by atoms with van der Waals surface area (Å²) in [6.45, 7) is 1.67. The summed E-state index contributed by atoms with van der Waals surface area (Å²) in [7, 11) is 0. The first-order valence-corrected chi connectivity index (χ1v) is 13.0. The summed E-state index contributed by atoms with van der Waals surface area (Å²) >= 11 is 12.7. The maximum absolute atomic E-state index is 13.7. The third kappa shape index (κ3) is 5.34. The van der Waals surface area contributed by atoms with Crippen molar-refractivity contribution in [2.24, 2.45) is 0 Å². The van der Waals surface area contributed by atoms with Crippen LogP contribution in [0.15, 0.2) is 95.3 Å². The Labute approximate surface area is 233 Å². The average Bonchev–Trinajstić information content (AvgIpc) is 2.88. The van der Waals surface area contributed by atoms with Gasteiger partial charge in [0, 0.05) is 44.9 Å². The van der Waals surface area contributed by atoms with Crippen molar-refractivity contribution in [3.05, 3.63) is 122 Å². The fraction of sp³-hybridized carbons (Fsp3) is 0.200. The average molecular weight is 571 g/mol. The number of anilines is 1. The molecule has 1 aliphatic heterocycles. The number of Topliss-reactive ketones (excluding diaryl/α,β-unsaturated/α-hetero) is 1. The zero-order valence-corrected chi connectivity index (χ0v) is 22.2. The van der Waals surface area contributed by atoms with Gasteiger partial charge in [-0.3, -0.25) is 9.59 Å². The number of dihydropyridines is 1. The SMILES string of the molecule is CC1=C(C(=O)Nc2ccccc2C(F)(F)F)[C@@H](c2ccc(Cl)cc2Cl)C2=C(C[C@H](c3ccccc3)CC2=O)N1. The Morgan fingerprint density at radius 1 is 0.974 bits per heavy atom. The van der Waals surface area contributed by atoms with E-state index >= 15 is 0 Å². The summed E-state index contributed by atoms with van der Waals surface area (Å²) < 4.78 is 40.9. The molecule has 5 rings (SSSR count). The Hall–Kier alpha value is -3.55. The van der Waals surface area contributed by atoms with Crippen LogP contribution >= 0.6 is 23.2 Å². The minimum Gasteiger partial charge on any atom is -0.362 e. The highest BCUT2D eigenvalue weighted by Crippen LogP contribution is 2.47. The van der Waals surface area contributed by atoms with Crippen LogP contribution in [0.25, 0.3) is 0 Å². The van der Waals surface area contributed by atoms with Gasteiger partial charge in [-0.1, -0.05) is 71.7 Å². The third-order valence-electron chi connectivity index (χ3n) is 7.10. The van der Waals surface area contributed by atoms with Crippen molar-refractivity contribution >= 4 is 40.6 Å². The Morgan fingerprint density at radius 2 is 1.67 bits per heavy atom. The lowest BCUT2D eigenvalue weighted by molar-refractivity contribution is -0.137. The minimum absolute atomic E-state index is 0.0619. The summed E-state index contributed by atoms with van der Waals surface area (Å²) in [5, 5.41) is 6.28. The number of nitrogens with one attached hydrogen (secondary N) is 2. The highest BCUT2D eigenvalue weighted by atomic mass is 35.5. The molecule has 1 amide bonds. The van der Waals surface area contributed by atoms with E-state index < -0.39 is 23.6 Å². The van der Waals surface area contributed by atoms with Gasteiger partial charge in [-0.2, -0.15) is 13.2 Å². The van der Waals surface area contributed by atoms with Gasteiger partial charge in [0.25, 0.3) is 5.91 Å². The molecule has 2 N–H and O–H groups in total. The number of hydrogen-bond donors (Lipinski definition) is 2. The number of carbonyl (C=O) groups excluding carboxylic acids is 2. The van der Waals surface area contributed by atoms with E-state index in [1.807, 2.05) is 30.3 Å². The lowest BCUT2D eigenvalue weighted by Crippen LogP contribution is -2.37. The second kappa shape index (κ2) is 10.5. The molecule has 0 saturated heterocycles. The summed E-state index contributed by atoms with van der Waals surface area (Å²) in [6.07, 6.45) is -3.93. The molecule has 0 saturated carbocycles. The Balaban J connectivity index is 1.60.